The molecule has 0 fully saturated rings. The van der Waals surface area contributed by atoms with Crippen molar-refractivity contribution in [1.82, 2.24) is 9.71 Å². The van der Waals surface area contributed by atoms with E-state index in [0.717, 1.165) is 20.0 Å². The normalized spacial score (nSPS) is 15.6. The molecule has 198 valence electrons. The minimum Gasteiger partial charge on any atom is -0.591 e. The maximum atomic E-state index is 13.4. The van der Waals surface area contributed by atoms with E-state index in [2.05, 4.69) is 48.0 Å². The fraction of sp³-hybridized carbons (Fsp3) is 0.500. The number of thiazole rings is 1. The maximum Gasteiger partial charge on any atom is 0.241 e. The summed E-state index contributed by atoms with van der Waals surface area (Å²) in [4.78, 5) is 6.02. The molecule has 2 heterocycles. The lowest BCUT2D eigenvalue weighted by atomic mass is 10.2. The Bertz CT molecular complexity index is 1320. The van der Waals surface area contributed by atoms with Crippen LogP contribution < -0.4 is 4.72 Å². The molecular formula is C24H35N3O4S4Si. The van der Waals surface area contributed by atoms with Crippen LogP contribution in [0.2, 0.25) is 18.1 Å². The molecule has 0 radical (unpaired) electrons. The lowest BCUT2D eigenvalue weighted by Gasteiger charge is -2.37. The fourth-order valence-corrected chi connectivity index (χ4v) is 7.44. The zero-order chi connectivity index (χ0) is 26.9. The van der Waals surface area contributed by atoms with Gasteiger partial charge in [-0.05, 0) is 69.2 Å². The Balaban J connectivity index is 1.89. The van der Waals surface area contributed by atoms with Crippen LogP contribution in [0.25, 0.3) is 10.2 Å². The van der Waals surface area contributed by atoms with Crippen molar-refractivity contribution in [1.29, 1.82) is 0 Å². The molecule has 12 heteroatoms. The van der Waals surface area contributed by atoms with Crippen LogP contribution in [0.1, 0.15) is 57.3 Å². The summed E-state index contributed by atoms with van der Waals surface area (Å²) >= 11 is 1.44. The second kappa shape index (κ2) is 10.9. The van der Waals surface area contributed by atoms with E-state index in [1.165, 1.54) is 22.7 Å². The van der Waals surface area contributed by atoms with Crippen molar-refractivity contribution in [2.75, 3.05) is 6.61 Å². The maximum absolute atomic E-state index is 13.4. The second-order valence-electron chi connectivity index (χ2n) is 11.1. The van der Waals surface area contributed by atoms with Gasteiger partial charge in [-0.2, -0.15) is 0 Å². The Kier molecular flexibility index (Phi) is 8.94. The zero-order valence-electron chi connectivity index (χ0n) is 22.0. The number of aromatic nitrogens is 1. The second-order valence-corrected chi connectivity index (χ2v) is 21.6. The standard InChI is InChI=1S/C24H35N3O4S4Si/c1-23(2,3)34(28)26-14-17-9-12-21(33-17)20(15-31-36(7,8)24(4,5)6)27-35(29,30)18-10-11-19-22(13-18)32-16-25-19/h9-14,16,20,27H,15H2,1-8H3/t20-,34?/m1/s1. The van der Waals surface area contributed by atoms with Crippen molar-refractivity contribution < 1.29 is 17.4 Å². The largest absolute Gasteiger partial charge is 0.591 e. The van der Waals surface area contributed by atoms with E-state index >= 15 is 0 Å². The minimum atomic E-state index is -3.83. The van der Waals surface area contributed by atoms with Gasteiger partial charge in [0.2, 0.25) is 10.0 Å². The molecule has 1 unspecified atom stereocenters. The number of rotatable bonds is 9. The van der Waals surface area contributed by atoms with E-state index in [4.69, 9.17) is 4.43 Å². The molecule has 0 bridgehead atoms. The van der Waals surface area contributed by atoms with E-state index in [0.29, 0.717) is 0 Å². The van der Waals surface area contributed by atoms with Crippen LogP contribution >= 0.6 is 22.7 Å². The summed E-state index contributed by atoms with van der Waals surface area (Å²) < 4.78 is 53.0. The van der Waals surface area contributed by atoms with Crippen LogP contribution in [-0.4, -0.2) is 43.8 Å². The van der Waals surface area contributed by atoms with Crippen molar-refractivity contribution >= 4 is 68.8 Å². The predicted molar refractivity (Wildman–Crippen MR) is 156 cm³/mol. The van der Waals surface area contributed by atoms with Crippen LogP contribution in [0.3, 0.4) is 0 Å². The molecule has 0 amide bonds. The van der Waals surface area contributed by atoms with Crippen molar-refractivity contribution in [2.24, 2.45) is 4.40 Å². The number of hydrogen-bond donors (Lipinski definition) is 1. The first-order valence-electron chi connectivity index (χ1n) is 11.5. The van der Waals surface area contributed by atoms with Gasteiger partial charge in [0.15, 0.2) is 8.32 Å². The molecule has 1 aromatic carbocycles. The van der Waals surface area contributed by atoms with Gasteiger partial charge in [-0.25, -0.2) is 18.1 Å². The average molecular weight is 586 g/mol. The smallest absolute Gasteiger partial charge is 0.241 e. The van der Waals surface area contributed by atoms with Crippen LogP contribution in [-0.2, 0) is 25.8 Å². The first kappa shape index (κ1) is 29.4. The average Bonchev–Trinajstić information content (AvgIpc) is 3.42. The molecule has 36 heavy (non-hydrogen) atoms. The highest BCUT2D eigenvalue weighted by Crippen LogP contribution is 2.38. The lowest BCUT2D eigenvalue weighted by molar-refractivity contribution is 0.258. The fourth-order valence-electron chi connectivity index (χ4n) is 2.82. The molecule has 7 nitrogen and oxygen atoms in total. The molecule has 0 spiro atoms. The van der Waals surface area contributed by atoms with Gasteiger partial charge in [0.25, 0.3) is 0 Å². The number of benzene rings is 1. The van der Waals surface area contributed by atoms with Gasteiger partial charge in [0, 0.05) is 4.88 Å². The molecule has 2 atom stereocenters. The third kappa shape index (κ3) is 7.25. The molecule has 0 aliphatic carbocycles. The molecule has 3 aromatic rings. The number of hydrogen-bond acceptors (Lipinski definition) is 8. The van der Waals surface area contributed by atoms with Crippen molar-refractivity contribution in [3.05, 3.63) is 45.6 Å². The SMILES string of the molecule is CC(C)(C)[S+]([O-])N=Cc1ccc([C@@H](CO[Si](C)(C)C(C)(C)C)NS(=O)(=O)c2ccc3ncsc3c2)s1. The summed E-state index contributed by atoms with van der Waals surface area (Å²) in [6.45, 7) is 16.6. The highest BCUT2D eigenvalue weighted by molar-refractivity contribution is 7.91. The van der Waals surface area contributed by atoms with Crippen molar-refractivity contribution in [3.63, 3.8) is 0 Å². The molecule has 2 aromatic heterocycles. The van der Waals surface area contributed by atoms with E-state index in [9.17, 15) is 13.0 Å². The van der Waals surface area contributed by atoms with E-state index in [-0.39, 0.29) is 16.5 Å². The van der Waals surface area contributed by atoms with Crippen LogP contribution in [0.4, 0.5) is 0 Å². The van der Waals surface area contributed by atoms with Gasteiger partial charge < -0.3 is 8.98 Å². The third-order valence-corrected chi connectivity index (χ3v) is 15.4. The first-order valence-corrected chi connectivity index (χ1v) is 18.7. The van der Waals surface area contributed by atoms with E-state index < -0.39 is 40.5 Å². The Hall–Kier alpha value is -1.12. The molecule has 1 N–H and O–H groups in total. The van der Waals surface area contributed by atoms with Crippen molar-refractivity contribution in [2.45, 2.75) is 75.4 Å². The zero-order valence-corrected chi connectivity index (χ0v) is 26.3. The Labute approximate surface area is 226 Å². The van der Waals surface area contributed by atoms with Crippen molar-refractivity contribution in [3.8, 4) is 0 Å². The van der Waals surface area contributed by atoms with E-state index in [1.54, 1.807) is 29.9 Å². The number of nitrogens with one attached hydrogen (secondary N) is 1. The first-order chi connectivity index (χ1) is 16.5. The number of thiophene rings is 1. The highest BCUT2D eigenvalue weighted by atomic mass is 32.2. The van der Waals surface area contributed by atoms with Crippen LogP contribution in [0.5, 0.6) is 0 Å². The molecule has 0 saturated carbocycles. The molecule has 0 aliphatic heterocycles. The quantitative estimate of drug-likeness (QED) is 0.181. The molecule has 3 rings (SSSR count). The Morgan fingerprint density at radius 2 is 1.89 bits per heavy atom. The summed E-state index contributed by atoms with van der Waals surface area (Å²) in [6.07, 6.45) is 1.59. The van der Waals surface area contributed by atoms with Gasteiger partial charge >= 0.3 is 0 Å². The summed E-state index contributed by atoms with van der Waals surface area (Å²) in [7, 11) is -5.96. The number of nitrogens with zero attached hydrogens (tertiary/aromatic N) is 2. The predicted octanol–water partition coefficient (Wildman–Crippen LogP) is 6.28. The van der Waals surface area contributed by atoms with Gasteiger partial charge in [0.05, 0.1) is 44.4 Å². The summed E-state index contributed by atoms with van der Waals surface area (Å²) in [5.41, 5.74) is 2.47. The van der Waals surface area contributed by atoms with Crippen LogP contribution in [0, 0.1) is 0 Å². The Morgan fingerprint density at radius 1 is 1.19 bits per heavy atom. The monoisotopic (exact) mass is 585 g/mol. The summed E-state index contributed by atoms with van der Waals surface area (Å²) in [5.74, 6) is 0. The number of fused-ring (bicyclic) bond motifs is 1. The number of sulfonamides is 1. The van der Waals surface area contributed by atoms with Crippen LogP contribution in [0.15, 0.2) is 45.1 Å². The molecular weight excluding hydrogens is 551 g/mol. The van der Waals surface area contributed by atoms with Gasteiger partial charge in [0.1, 0.15) is 16.1 Å². The van der Waals surface area contributed by atoms with Gasteiger partial charge in [-0.1, -0.05) is 25.2 Å². The molecule has 0 saturated heterocycles. The van der Waals surface area contributed by atoms with Gasteiger partial charge in [-0.15, -0.1) is 22.7 Å². The Morgan fingerprint density at radius 3 is 2.53 bits per heavy atom. The highest BCUT2D eigenvalue weighted by Gasteiger charge is 2.38. The lowest BCUT2D eigenvalue weighted by Crippen LogP contribution is -2.43. The third-order valence-electron chi connectivity index (χ3n) is 6.12. The van der Waals surface area contributed by atoms with Gasteiger partial charge in [-0.3, -0.25) is 0 Å². The van der Waals surface area contributed by atoms with E-state index in [1.807, 2.05) is 32.9 Å². The molecule has 0 aliphatic rings. The topological polar surface area (TPSA) is 104 Å². The summed E-state index contributed by atoms with van der Waals surface area (Å²) in [6, 6.07) is 8.10. The summed E-state index contributed by atoms with van der Waals surface area (Å²) in [5, 5.41) is -0.0160. The minimum absolute atomic E-state index is 0.0160.